The number of nitrogens with zero attached hydrogens (tertiary/aromatic N) is 4. The first-order valence-corrected chi connectivity index (χ1v) is 9.69. The first kappa shape index (κ1) is 17.4. The fourth-order valence-electron chi connectivity index (χ4n) is 3.37. The van der Waals surface area contributed by atoms with Gasteiger partial charge >= 0.3 is 0 Å². The Morgan fingerprint density at radius 1 is 1.04 bits per heavy atom. The second kappa shape index (κ2) is 6.96. The van der Waals surface area contributed by atoms with Crippen molar-refractivity contribution in [2.45, 2.75) is 27.3 Å². The van der Waals surface area contributed by atoms with Crippen LogP contribution in [0.25, 0.3) is 27.5 Å². The molecule has 0 aliphatic heterocycles. The Balaban J connectivity index is 1.93. The van der Waals surface area contributed by atoms with Crippen molar-refractivity contribution >= 4 is 11.3 Å². The van der Waals surface area contributed by atoms with Crippen molar-refractivity contribution in [3.63, 3.8) is 0 Å². The van der Waals surface area contributed by atoms with Crippen LogP contribution < -0.4 is 5.56 Å². The van der Waals surface area contributed by atoms with Crippen LogP contribution in [-0.4, -0.2) is 19.3 Å². The number of benzene rings is 1. The summed E-state index contributed by atoms with van der Waals surface area (Å²) in [4.78, 5) is 23.3. The SMILES string of the molecule is CCn1c(C)c(-c2nc(-c3ccncc3)sc2C)c(=O)n1-c1ccccc1. The second-order valence-corrected chi connectivity index (χ2v) is 7.49. The Morgan fingerprint density at radius 3 is 2.41 bits per heavy atom. The minimum atomic E-state index is -0.0322. The molecule has 4 aromatic rings. The number of aromatic nitrogens is 4. The van der Waals surface area contributed by atoms with Crippen LogP contribution in [0.1, 0.15) is 17.5 Å². The van der Waals surface area contributed by atoms with E-state index in [-0.39, 0.29) is 5.56 Å². The van der Waals surface area contributed by atoms with Gasteiger partial charge in [0.1, 0.15) is 5.01 Å². The number of rotatable bonds is 4. The third-order valence-corrected chi connectivity index (χ3v) is 5.68. The highest BCUT2D eigenvalue weighted by atomic mass is 32.1. The lowest BCUT2D eigenvalue weighted by Gasteiger charge is -2.10. The van der Waals surface area contributed by atoms with E-state index in [0.29, 0.717) is 12.1 Å². The lowest BCUT2D eigenvalue weighted by atomic mass is 10.1. The molecule has 0 aliphatic carbocycles. The van der Waals surface area contributed by atoms with Gasteiger partial charge in [-0.2, -0.15) is 0 Å². The van der Waals surface area contributed by atoms with Crippen LogP contribution in [0, 0.1) is 13.8 Å². The number of hydrogen-bond donors (Lipinski definition) is 0. The largest absolute Gasteiger partial charge is 0.282 e. The summed E-state index contributed by atoms with van der Waals surface area (Å²) in [6.45, 7) is 6.76. The predicted molar refractivity (Wildman–Crippen MR) is 110 cm³/mol. The summed E-state index contributed by atoms with van der Waals surface area (Å²) < 4.78 is 3.76. The van der Waals surface area contributed by atoms with Gasteiger partial charge in [-0.1, -0.05) is 18.2 Å². The van der Waals surface area contributed by atoms with Gasteiger partial charge in [0.2, 0.25) is 0 Å². The molecule has 0 bridgehead atoms. The van der Waals surface area contributed by atoms with Crippen molar-refractivity contribution in [2.75, 3.05) is 0 Å². The summed E-state index contributed by atoms with van der Waals surface area (Å²) in [5.41, 5.74) is 4.22. The van der Waals surface area contributed by atoms with Crippen molar-refractivity contribution < 1.29 is 0 Å². The summed E-state index contributed by atoms with van der Waals surface area (Å²) in [5.74, 6) is 0. The van der Waals surface area contributed by atoms with Gasteiger partial charge in [-0.15, -0.1) is 11.3 Å². The Hall–Kier alpha value is -2.99. The average molecular weight is 376 g/mol. The highest BCUT2D eigenvalue weighted by molar-refractivity contribution is 7.15. The third-order valence-electron chi connectivity index (χ3n) is 4.66. The molecule has 0 fully saturated rings. The van der Waals surface area contributed by atoms with Crippen LogP contribution in [0.5, 0.6) is 0 Å². The molecule has 3 heterocycles. The number of thiazole rings is 1. The molecule has 0 atom stereocenters. The molecule has 0 unspecified atom stereocenters. The maximum absolute atomic E-state index is 13.4. The highest BCUT2D eigenvalue weighted by Crippen LogP contribution is 2.33. The number of hydrogen-bond acceptors (Lipinski definition) is 4. The van der Waals surface area contributed by atoms with Crippen molar-refractivity contribution in [1.29, 1.82) is 0 Å². The van der Waals surface area contributed by atoms with Crippen molar-refractivity contribution in [1.82, 2.24) is 19.3 Å². The lowest BCUT2D eigenvalue weighted by Crippen LogP contribution is -2.21. The van der Waals surface area contributed by atoms with Crippen LogP contribution in [0.15, 0.2) is 59.7 Å². The molecule has 0 saturated heterocycles. The van der Waals surface area contributed by atoms with Gasteiger partial charge in [-0.25, -0.2) is 9.67 Å². The molecule has 0 aliphatic rings. The summed E-state index contributed by atoms with van der Waals surface area (Å²) in [5, 5.41) is 0.902. The molecule has 0 spiro atoms. The van der Waals surface area contributed by atoms with E-state index in [9.17, 15) is 4.79 Å². The molecule has 1 aromatic carbocycles. The Bertz CT molecular complexity index is 1140. The number of para-hydroxylation sites is 1. The summed E-state index contributed by atoms with van der Waals surface area (Å²) in [7, 11) is 0. The van der Waals surface area contributed by atoms with Crippen molar-refractivity contribution in [3.8, 4) is 27.5 Å². The molecule has 0 N–H and O–H groups in total. The second-order valence-electron chi connectivity index (χ2n) is 6.29. The molecule has 136 valence electrons. The maximum atomic E-state index is 13.4. The highest BCUT2D eigenvalue weighted by Gasteiger charge is 2.23. The van der Waals surface area contributed by atoms with E-state index in [1.165, 1.54) is 0 Å². The van der Waals surface area contributed by atoms with Gasteiger partial charge in [-0.05, 0) is 45.0 Å². The maximum Gasteiger partial charge on any atom is 0.281 e. The smallest absolute Gasteiger partial charge is 0.281 e. The van der Waals surface area contributed by atoms with Crippen LogP contribution in [0.4, 0.5) is 0 Å². The van der Waals surface area contributed by atoms with Crippen LogP contribution in [0.3, 0.4) is 0 Å². The molecule has 4 rings (SSSR count). The van der Waals surface area contributed by atoms with Gasteiger partial charge in [0, 0.05) is 35.1 Å². The predicted octanol–water partition coefficient (Wildman–Crippen LogP) is 4.46. The fourth-order valence-corrected chi connectivity index (χ4v) is 4.30. The van der Waals surface area contributed by atoms with E-state index in [1.54, 1.807) is 28.4 Å². The molecule has 0 saturated carbocycles. The minimum absolute atomic E-state index is 0.0322. The zero-order chi connectivity index (χ0) is 19.0. The number of aryl methyl sites for hydroxylation is 1. The Kier molecular flexibility index (Phi) is 4.49. The quantitative estimate of drug-likeness (QED) is 0.528. The summed E-state index contributed by atoms with van der Waals surface area (Å²) in [6, 6.07) is 13.6. The van der Waals surface area contributed by atoms with Crippen LogP contribution in [-0.2, 0) is 6.54 Å². The average Bonchev–Trinajstić information content (AvgIpc) is 3.19. The zero-order valence-corrected chi connectivity index (χ0v) is 16.3. The van der Waals surface area contributed by atoms with Gasteiger partial charge < -0.3 is 0 Å². The molecule has 27 heavy (non-hydrogen) atoms. The van der Waals surface area contributed by atoms with E-state index in [0.717, 1.165) is 32.5 Å². The zero-order valence-electron chi connectivity index (χ0n) is 15.5. The standard InChI is InChI=1S/C21H20N4OS/c1-4-24-14(2)18(21(26)25(24)17-8-6-5-7-9-17)19-15(3)27-20(23-19)16-10-12-22-13-11-16/h5-13H,4H2,1-3H3. The summed E-state index contributed by atoms with van der Waals surface area (Å²) in [6.07, 6.45) is 3.51. The van der Waals surface area contributed by atoms with E-state index in [1.807, 2.05) is 67.9 Å². The molecule has 3 aromatic heterocycles. The lowest BCUT2D eigenvalue weighted by molar-refractivity contribution is 0.559. The van der Waals surface area contributed by atoms with Crippen molar-refractivity contribution in [3.05, 3.63) is 75.8 Å². The van der Waals surface area contributed by atoms with Gasteiger partial charge in [0.15, 0.2) is 0 Å². The fraction of sp³-hybridized carbons (Fsp3) is 0.190. The first-order valence-electron chi connectivity index (χ1n) is 8.87. The molecule has 6 heteroatoms. The topological polar surface area (TPSA) is 52.7 Å². The Morgan fingerprint density at radius 2 is 1.74 bits per heavy atom. The van der Waals surface area contributed by atoms with E-state index in [2.05, 4.69) is 4.98 Å². The monoisotopic (exact) mass is 376 g/mol. The van der Waals surface area contributed by atoms with Gasteiger partial charge in [-0.3, -0.25) is 14.5 Å². The summed E-state index contributed by atoms with van der Waals surface area (Å²) >= 11 is 1.60. The van der Waals surface area contributed by atoms with Crippen LogP contribution >= 0.6 is 11.3 Å². The first-order chi connectivity index (χ1) is 13.1. The van der Waals surface area contributed by atoms with Gasteiger partial charge in [0.05, 0.1) is 16.9 Å². The van der Waals surface area contributed by atoms with Crippen LogP contribution in [0.2, 0.25) is 0 Å². The van der Waals surface area contributed by atoms with E-state index < -0.39 is 0 Å². The third kappa shape index (κ3) is 2.92. The molecule has 0 radical (unpaired) electrons. The molecular weight excluding hydrogens is 356 g/mol. The molecule has 0 amide bonds. The van der Waals surface area contributed by atoms with E-state index >= 15 is 0 Å². The minimum Gasteiger partial charge on any atom is -0.282 e. The Labute approximate surface area is 161 Å². The van der Waals surface area contributed by atoms with Crippen molar-refractivity contribution in [2.24, 2.45) is 0 Å². The van der Waals surface area contributed by atoms with E-state index in [4.69, 9.17) is 4.98 Å². The molecule has 5 nitrogen and oxygen atoms in total. The van der Waals surface area contributed by atoms with Gasteiger partial charge in [0.25, 0.3) is 5.56 Å². The molecular formula is C21H20N4OS. The number of pyridine rings is 1. The normalized spacial score (nSPS) is 11.1.